The average Bonchev–Trinajstić information content (AvgIpc) is 2.89. The molecule has 0 radical (unpaired) electrons. The Kier molecular flexibility index (Phi) is 5.21. The van der Waals surface area contributed by atoms with Gasteiger partial charge in [0.1, 0.15) is 0 Å². The number of nitrogens with zero attached hydrogens (tertiary/aromatic N) is 1. The van der Waals surface area contributed by atoms with Crippen molar-refractivity contribution in [3.05, 3.63) is 70.6 Å². The van der Waals surface area contributed by atoms with E-state index >= 15 is 0 Å². The van der Waals surface area contributed by atoms with Crippen LogP contribution in [-0.2, 0) is 6.18 Å². The predicted molar refractivity (Wildman–Crippen MR) is 104 cm³/mol. The molecule has 0 amide bonds. The molecule has 1 N–H and O–H groups in total. The molecule has 1 saturated heterocycles. The van der Waals surface area contributed by atoms with Crippen molar-refractivity contribution in [1.29, 1.82) is 0 Å². The number of nitrogens with one attached hydrogen (secondary N) is 1. The normalized spacial score (nSPS) is 17.7. The van der Waals surface area contributed by atoms with Gasteiger partial charge in [0, 0.05) is 29.2 Å². The van der Waals surface area contributed by atoms with E-state index in [4.69, 9.17) is 0 Å². The monoisotopic (exact) mass is 390 g/mol. The van der Waals surface area contributed by atoms with Crippen molar-refractivity contribution in [3.63, 3.8) is 0 Å². The van der Waals surface area contributed by atoms with Gasteiger partial charge in [-0.25, -0.2) is 0 Å². The van der Waals surface area contributed by atoms with Crippen molar-refractivity contribution in [2.24, 2.45) is 0 Å². The van der Waals surface area contributed by atoms with Crippen LogP contribution < -0.4 is 5.32 Å². The number of rotatable bonds is 3. The first-order valence-corrected chi connectivity index (χ1v) is 9.94. The standard InChI is InChI=1S/C21H21F3N2S/c22-21(23,24)17-7-3-6-16(13-17)20(26-11-4-9-25-10-12-26)19-14-15-5-1-2-8-18(15)27-19/h1-3,5-8,13-14,20,25H,4,9-12H2. The predicted octanol–water partition coefficient (Wildman–Crippen LogP) is 5.30. The Bertz CT molecular complexity index is 878. The van der Waals surface area contributed by atoms with Crippen LogP contribution >= 0.6 is 11.3 Å². The first-order valence-electron chi connectivity index (χ1n) is 9.13. The lowest BCUT2D eigenvalue weighted by Crippen LogP contribution is -2.32. The van der Waals surface area contributed by atoms with E-state index in [9.17, 15) is 13.2 Å². The lowest BCUT2D eigenvalue weighted by Gasteiger charge is -2.30. The topological polar surface area (TPSA) is 15.3 Å². The van der Waals surface area contributed by atoms with Crippen LogP contribution in [0.5, 0.6) is 0 Å². The van der Waals surface area contributed by atoms with Crippen molar-refractivity contribution >= 4 is 21.4 Å². The quantitative estimate of drug-likeness (QED) is 0.652. The maximum Gasteiger partial charge on any atom is 0.416 e. The molecule has 1 aliphatic heterocycles. The Hall–Kier alpha value is -1.89. The second-order valence-corrected chi connectivity index (χ2v) is 7.97. The van der Waals surface area contributed by atoms with E-state index in [-0.39, 0.29) is 6.04 Å². The van der Waals surface area contributed by atoms with Crippen LogP contribution in [0.2, 0.25) is 0 Å². The molecule has 2 aromatic carbocycles. The third kappa shape index (κ3) is 4.03. The summed E-state index contributed by atoms with van der Waals surface area (Å²) in [6.45, 7) is 3.47. The van der Waals surface area contributed by atoms with Crippen LogP contribution in [0.1, 0.15) is 28.5 Å². The van der Waals surface area contributed by atoms with Crippen LogP contribution in [0, 0.1) is 0 Å². The number of halogens is 3. The Balaban J connectivity index is 1.80. The molecular weight excluding hydrogens is 369 g/mol. The van der Waals surface area contributed by atoms with Crippen LogP contribution in [0.25, 0.3) is 10.1 Å². The van der Waals surface area contributed by atoms with Gasteiger partial charge in [0.25, 0.3) is 0 Å². The fraction of sp³-hybridized carbons (Fsp3) is 0.333. The van der Waals surface area contributed by atoms with Gasteiger partial charge in [0.2, 0.25) is 0 Å². The number of hydrogen-bond donors (Lipinski definition) is 1. The summed E-state index contributed by atoms with van der Waals surface area (Å²) in [5.41, 5.74) is 0.123. The van der Waals surface area contributed by atoms with Gasteiger partial charge in [-0.05, 0) is 48.2 Å². The molecule has 1 unspecified atom stereocenters. The molecule has 27 heavy (non-hydrogen) atoms. The van der Waals surface area contributed by atoms with Crippen molar-refractivity contribution in [2.45, 2.75) is 18.6 Å². The van der Waals surface area contributed by atoms with Crippen LogP contribution in [-0.4, -0.2) is 31.1 Å². The first kappa shape index (κ1) is 18.5. The van der Waals surface area contributed by atoms with E-state index in [1.807, 2.05) is 18.2 Å². The Morgan fingerprint density at radius 2 is 1.81 bits per heavy atom. The van der Waals surface area contributed by atoms with Crippen LogP contribution in [0.15, 0.2) is 54.6 Å². The van der Waals surface area contributed by atoms with E-state index in [2.05, 4.69) is 28.4 Å². The van der Waals surface area contributed by atoms with Gasteiger partial charge in [0.15, 0.2) is 0 Å². The molecule has 0 spiro atoms. The molecule has 1 aromatic heterocycles. The summed E-state index contributed by atoms with van der Waals surface area (Å²) in [7, 11) is 0. The molecule has 6 heteroatoms. The minimum Gasteiger partial charge on any atom is -0.315 e. The zero-order valence-electron chi connectivity index (χ0n) is 14.8. The van der Waals surface area contributed by atoms with Crippen LogP contribution in [0.4, 0.5) is 13.2 Å². The molecule has 1 atom stereocenters. The molecule has 0 aliphatic carbocycles. The summed E-state index contributed by atoms with van der Waals surface area (Å²) in [6.07, 6.45) is -3.35. The van der Waals surface area contributed by atoms with Gasteiger partial charge in [-0.2, -0.15) is 13.2 Å². The summed E-state index contributed by atoms with van der Waals surface area (Å²) in [5.74, 6) is 0. The van der Waals surface area contributed by atoms with E-state index in [1.54, 1.807) is 11.3 Å². The highest BCUT2D eigenvalue weighted by molar-refractivity contribution is 7.19. The van der Waals surface area contributed by atoms with Gasteiger partial charge in [-0.3, -0.25) is 4.90 Å². The zero-order chi connectivity index (χ0) is 18.9. The molecule has 4 rings (SSSR count). The molecule has 2 heterocycles. The number of thiophene rings is 1. The van der Waals surface area contributed by atoms with Gasteiger partial charge in [-0.1, -0.05) is 30.3 Å². The van der Waals surface area contributed by atoms with Crippen molar-refractivity contribution in [3.8, 4) is 0 Å². The summed E-state index contributed by atoms with van der Waals surface area (Å²) in [4.78, 5) is 3.40. The summed E-state index contributed by atoms with van der Waals surface area (Å²) in [5, 5.41) is 4.52. The summed E-state index contributed by atoms with van der Waals surface area (Å²) < 4.78 is 41.0. The fourth-order valence-corrected chi connectivity index (χ4v) is 4.93. The van der Waals surface area contributed by atoms with Gasteiger partial charge in [0.05, 0.1) is 11.6 Å². The lowest BCUT2D eigenvalue weighted by atomic mass is 10.00. The van der Waals surface area contributed by atoms with Gasteiger partial charge >= 0.3 is 6.18 Å². The Morgan fingerprint density at radius 3 is 2.63 bits per heavy atom. The molecule has 0 bridgehead atoms. The Morgan fingerprint density at radius 1 is 0.963 bits per heavy atom. The third-order valence-corrected chi connectivity index (χ3v) is 6.15. The molecule has 2 nitrogen and oxygen atoms in total. The molecule has 3 aromatic rings. The highest BCUT2D eigenvalue weighted by Gasteiger charge is 2.32. The van der Waals surface area contributed by atoms with E-state index in [0.717, 1.165) is 53.6 Å². The number of alkyl halides is 3. The summed E-state index contributed by atoms with van der Waals surface area (Å²) in [6, 6.07) is 15.9. The minimum atomic E-state index is -4.33. The van der Waals surface area contributed by atoms with Gasteiger partial charge in [-0.15, -0.1) is 11.3 Å². The van der Waals surface area contributed by atoms with Crippen molar-refractivity contribution < 1.29 is 13.2 Å². The fourth-order valence-electron chi connectivity index (χ4n) is 3.70. The number of fused-ring (bicyclic) bond motifs is 1. The molecule has 142 valence electrons. The summed E-state index contributed by atoms with van der Waals surface area (Å²) >= 11 is 1.67. The lowest BCUT2D eigenvalue weighted by molar-refractivity contribution is -0.137. The second-order valence-electron chi connectivity index (χ2n) is 6.85. The largest absolute Gasteiger partial charge is 0.416 e. The maximum atomic E-state index is 13.3. The van der Waals surface area contributed by atoms with Crippen molar-refractivity contribution in [2.75, 3.05) is 26.2 Å². The van der Waals surface area contributed by atoms with E-state index in [0.29, 0.717) is 5.56 Å². The number of benzene rings is 2. The van der Waals surface area contributed by atoms with Crippen LogP contribution in [0.3, 0.4) is 0 Å². The second kappa shape index (κ2) is 7.62. The smallest absolute Gasteiger partial charge is 0.315 e. The highest BCUT2D eigenvalue weighted by Crippen LogP contribution is 2.39. The van der Waals surface area contributed by atoms with Crippen molar-refractivity contribution in [1.82, 2.24) is 10.2 Å². The zero-order valence-corrected chi connectivity index (χ0v) is 15.6. The maximum absolute atomic E-state index is 13.3. The van der Waals surface area contributed by atoms with E-state index < -0.39 is 11.7 Å². The number of hydrogen-bond acceptors (Lipinski definition) is 3. The Labute approximate surface area is 160 Å². The molecule has 1 fully saturated rings. The third-order valence-electron chi connectivity index (χ3n) is 4.98. The molecular formula is C21H21F3N2S. The minimum absolute atomic E-state index is 0.162. The SMILES string of the molecule is FC(F)(F)c1cccc(C(c2cc3ccccc3s2)N2CCCNCC2)c1. The average molecular weight is 390 g/mol. The first-order chi connectivity index (χ1) is 13.0. The highest BCUT2D eigenvalue weighted by atomic mass is 32.1. The molecule has 1 aliphatic rings. The molecule has 0 saturated carbocycles. The van der Waals surface area contributed by atoms with Gasteiger partial charge < -0.3 is 5.32 Å². The van der Waals surface area contributed by atoms with E-state index in [1.165, 1.54) is 12.1 Å².